The van der Waals surface area contributed by atoms with Crippen LogP contribution in [0.15, 0.2) is 47.1 Å². The van der Waals surface area contributed by atoms with E-state index in [1.807, 2.05) is 38.1 Å². The number of nitrogens with one attached hydrogen (secondary N) is 2. The number of ether oxygens (including phenoxy) is 2. The highest BCUT2D eigenvalue weighted by Gasteiger charge is 2.25. The maximum atomic E-state index is 12.6. The average Bonchev–Trinajstić information content (AvgIpc) is 3.43. The van der Waals surface area contributed by atoms with Gasteiger partial charge in [0.15, 0.2) is 5.76 Å². The average molecular weight is 400 g/mol. The molecule has 29 heavy (non-hydrogen) atoms. The van der Waals surface area contributed by atoms with Gasteiger partial charge in [0.05, 0.1) is 12.4 Å². The topological polar surface area (TPSA) is 89.8 Å². The molecule has 0 radical (unpaired) electrons. The fourth-order valence-corrected chi connectivity index (χ4v) is 3.12. The van der Waals surface area contributed by atoms with Crippen molar-refractivity contribution in [2.24, 2.45) is 5.92 Å². The van der Waals surface area contributed by atoms with Gasteiger partial charge in [-0.2, -0.15) is 0 Å². The minimum Gasteiger partial charge on any atom is -0.491 e. The predicted octanol–water partition coefficient (Wildman–Crippen LogP) is 2.91. The maximum Gasteiger partial charge on any atom is 0.287 e. The molecule has 1 aliphatic rings. The monoisotopic (exact) mass is 400 g/mol. The fourth-order valence-electron chi connectivity index (χ4n) is 3.12. The molecule has 1 fully saturated rings. The summed E-state index contributed by atoms with van der Waals surface area (Å²) >= 11 is 0. The van der Waals surface area contributed by atoms with E-state index in [4.69, 9.17) is 13.9 Å². The summed E-state index contributed by atoms with van der Waals surface area (Å²) in [6, 6.07) is 10.1. The number of rotatable bonds is 9. The molecule has 1 saturated heterocycles. The van der Waals surface area contributed by atoms with Gasteiger partial charge in [-0.1, -0.05) is 26.0 Å². The van der Waals surface area contributed by atoms with Crippen LogP contribution in [0.2, 0.25) is 0 Å². The largest absolute Gasteiger partial charge is 0.491 e. The highest BCUT2D eigenvalue weighted by Crippen LogP contribution is 2.16. The summed E-state index contributed by atoms with van der Waals surface area (Å²) in [6.45, 7) is 5.50. The van der Waals surface area contributed by atoms with Crippen LogP contribution in [0.5, 0.6) is 5.75 Å². The second-order valence-corrected chi connectivity index (χ2v) is 7.48. The molecule has 7 heteroatoms. The molecule has 0 spiro atoms. The van der Waals surface area contributed by atoms with Crippen molar-refractivity contribution < 1.29 is 23.5 Å². The molecule has 0 bridgehead atoms. The van der Waals surface area contributed by atoms with Crippen molar-refractivity contribution in [3.05, 3.63) is 54.0 Å². The molecule has 0 saturated carbocycles. The van der Waals surface area contributed by atoms with E-state index in [2.05, 4.69) is 10.6 Å². The van der Waals surface area contributed by atoms with Gasteiger partial charge in [0, 0.05) is 13.2 Å². The molecule has 2 heterocycles. The molecule has 1 aliphatic heterocycles. The standard InChI is InChI=1S/C22H28N2O5/c1-15(2)20(24-21(25)19-6-4-12-28-19)22(26)23-13-16-7-9-17(10-8-16)29-14-18-5-3-11-27-18/h4,6-10,12,15,18,20H,3,5,11,13-14H2,1-2H3,(H,23,26)(H,24,25). The molecular formula is C22H28N2O5. The Morgan fingerprint density at radius 2 is 2.00 bits per heavy atom. The number of furan rings is 1. The SMILES string of the molecule is CC(C)C(NC(=O)c1ccco1)C(=O)NCc1ccc(OCC2CCCO2)cc1. The van der Waals surface area contributed by atoms with Gasteiger partial charge < -0.3 is 24.5 Å². The van der Waals surface area contributed by atoms with Crippen LogP contribution in [-0.2, 0) is 16.1 Å². The maximum absolute atomic E-state index is 12.6. The third kappa shape index (κ3) is 6.09. The third-order valence-corrected chi connectivity index (χ3v) is 4.83. The van der Waals surface area contributed by atoms with Crippen LogP contribution in [0.3, 0.4) is 0 Å². The highest BCUT2D eigenvalue weighted by molar-refractivity contribution is 5.95. The number of hydrogen-bond donors (Lipinski definition) is 2. The van der Waals surface area contributed by atoms with Crippen molar-refractivity contribution in [1.29, 1.82) is 0 Å². The van der Waals surface area contributed by atoms with Crippen LogP contribution >= 0.6 is 0 Å². The molecule has 2 aromatic rings. The Morgan fingerprint density at radius 1 is 1.21 bits per heavy atom. The van der Waals surface area contributed by atoms with Gasteiger partial charge in [-0.15, -0.1) is 0 Å². The van der Waals surface area contributed by atoms with Gasteiger partial charge in [0.1, 0.15) is 18.4 Å². The van der Waals surface area contributed by atoms with E-state index >= 15 is 0 Å². The molecule has 156 valence electrons. The Labute approximate surface area is 170 Å². The quantitative estimate of drug-likeness (QED) is 0.676. The van der Waals surface area contributed by atoms with E-state index in [-0.39, 0.29) is 23.7 Å². The second kappa shape index (κ2) is 10.1. The highest BCUT2D eigenvalue weighted by atomic mass is 16.5. The molecule has 2 unspecified atom stereocenters. The lowest BCUT2D eigenvalue weighted by Gasteiger charge is -2.21. The lowest BCUT2D eigenvalue weighted by Crippen LogP contribution is -2.49. The molecule has 2 N–H and O–H groups in total. The van der Waals surface area contributed by atoms with Crippen molar-refractivity contribution in [2.75, 3.05) is 13.2 Å². The summed E-state index contributed by atoms with van der Waals surface area (Å²) in [6.07, 6.45) is 3.73. The van der Waals surface area contributed by atoms with Crippen LogP contribution in [0, 0.1) is 5.92 Å². The second-order valence-electron chi connectivity index (χ2n) is 7.48. The minimum atomic E-state index is -0.651. The van der Waals surface area contributed by atoms with E-state index in [9.17, 15) is 9.59 Å². The summed E-state index contributed by atoms with van der Waals surface area (Å²) in [5.41, 5.74) is 0.947. The number of amides is 2. The number of carbonyl (C=O) groups is 2. The summed E-state index contributed by atoms with van der Waals surface area (Å²) in [5, 5.41) is 5.61. The zero-order chi connectivity index (χ0) is 20.6. The van der Waals surface area contributed by atoms with Crippen LogP contribution < -0.4 is 15.4 Å². The van der Waals surface area contributed by atoms with E-state index in [1.54, 1.807) is 12.1 Å². The van der Waals surface area contributed by atoms with Gasteiger partial charge >= 0.3 is 0 Å². The summed E-state index contributed by atoms with van der Waals surface area (Å²) < 4.78 is 16.4. The van der Waals surface area contributed by atoms with Crippen LogP contribution in [0.1, 0.15) is 42.8 Å². The van der Waals surface area contributed by atoms with Crippen molar-refractivity contribution >= 4 is 11.8 Å². The van der Waals surface area contributed by atoms with Gasteiger partial charge in [-0.25, -0.2) is 0 Å². The van der Waals surface area contributed by atoms with Crippen molar-refractivity contribution in [1.82, 2.24) is 10.6 Å². The molecular weight excluding hydrogens is 372 g/mol. The molecule has 2 amide bonds. The summed E-state index contributed by atoms with van der Waals surface area (Å²) in [4.78, 5) is 24.8. The smallest absolute Gasteiger partial charge is 0.287 e. The van der Waals surface area contributed by atoms with E-state index in [1.165, 1.54) is 6.26 Å². The molecule has 0 aliphatic carbocycles. The lowest BCUT2D eigenvalue weighted by molar-refractivity contribution is -0.124. The number of carbonyl (C=O) groups excluding carboxylic acids is 2. The Morgan fingerprint density at radius 3 is 2.62 bits per heavy atom. The normalized spacial score (nSPS) is 17.1. The van der Waals surface area contributed by atoms with Crippen molar-refractivity contribution in [2.45, 2.75) is 45.4 Å². The first-order valence-electron chi connectivity index (χ1n) is 9.98. The van der Waals surface area contributed by atoms with Gasteiger partial charge in [-0.05, 0) is 48.6 Å². The fraction of sp³-hybridized carbons (Fsp3) is 0.455. The summed E-state index contributed by atoms with van der Waals surface area (Å²) in [7, 11) is 0. The van der Waals surface area contributed by atoms with Gasteiger partial charge in [0.2, 0.25) is 5.91 Å². The number of hydrogen-bond acceptors (Lipinski definition) is 5. The summed E-state index contributed by atoms with van der Waals surface area (Å²) in [5.74, 6) is 0.251. The van der Waals surface area contributed by atoms with E-state index in [0.29, 0.717) is 13.2 Å². The van der Waals surface area contributed by atoms with Crippen molar-refractivity contribution in [3.8, 4) is 5.75 Å². The van der Waals surface area contributed by atoms with Gasteiger partial charge in [0.25, 0.3) is 5.91 Å². The lowest BCUT2D eigenvalue weighted by atomic mass is 10.0. The third-order valence-electron chi connectivity index (χ3n) is 4.83. The van der Waals surface area contributed by atoms with Gasteiger partial charge in [-0.3, -0.25) is 9.59 Å². The van der Waals surface area contributed by atoms with E-state index < -0.39 is 11.9 Å². The van der Waals surface area contributed by atoms with Crippen LogP contribution in [0.25, 0.3) is 0 Å². The minimum absolute atomic E-state index is 0.0671. The first-order valence-corrected chi connectivity index (χ1v) is 9.98. The Balaban J connectivity index is 1.48. The van der Waals surface area contributed by atoms with E-state index in [0.717, 1.165) is 30.8 Å². The Kier molecular flexibility index (Phi) is 7.30. The van der Waals surface area contributed by atoms with Crippen LogP contribution in [0.4, 0.5) is 0 Å². The molecule has 1 aromatic carbocycles. The predicted molar refractivity (Wildman–Crippen MR) is 108 cm³/mol. The molecule has 2 atom stereocenters. The first kappa shape index (κ1) is 20.9. The Hall–Kier alpha value is -2.80. The zero-order valence-electron chi connectivity index (χ0n) is 16.9. The number of benzene rings is 1. The van der Waals surface area contributed by atoms with Crippen LogP contribution in [-0.4, -0.2) is 37.2 Å². The first-order chi connectivity index (χ1) is 14.0. The molecule has 1 aromatic heterocycles. The van der Waals surface area contributed by atoms with Crippen molar-refractivity contribution in [3.63, 3.8) is 0 Å². The molecule has 7 nitrogen and oxygen atoms in total. The Bertz CT molecular complexity index is 780. The molecule has 3 rings (SSSR count). The zero-order valence-corrected chi connectivity index (χ0v) is 16.9.